The molecule has 7 nitrogen and oxygen atoms in total. The number of sulfonamides is 1. The third-order valence-electron chi connectivity index (χ3n) is 2.48. The zero-order chi connectivity index (χ0) is 13.9. The molecular formula is C10H17N3O4S. The minimum atomic E-state index is -3.84. The Balaban J connectivity index is 3.12. The van der Waals surface area contributed by atoms with E-state index in [9.17, 15) is 13.2 Å². The Morgan fingerprint density at radius 2 is 2.17 bits per heavy atom. The highest BCUT2D eigenvalue weighted by Crippen LogP contribution is 2.14. The minimum absolute atomic E-state index is 0.114. The van der Waals surface area contributed by atoms with Gasteiger partial charge in [0.15, 0.2) is 5.03 Å². The van der Waals surface area contributed by atoms with Gasteiger partial charge in [0, 0.05) is 19.8 Å². The van der Waals surface area contributed by atoms with Crippen LogP contribution in [0.25, 0.3) is 0 Å². The lowest BCUT2D eigenvalue weighted by molar-refractivity contribution is -0.137. The van der Waals surface area contributed by atoms with Crippen LogP contribution in [0.2, 0.25) is 0 Å². The van der Waals surface area contributed by atoms with Gasteiger partial charge in [-0.15, -0.1) is 0 Å². The SMILES string of the molecule is CCCN(CC(=O)O)S(=O)(=O)c1cn(C)c(C)n1. The van der Waals surface area contributed by atoms with Crippen molar-refractivity contribution in [3.63, 3.8) is 0 Å². The molecule has 0 fully saturated rings. The summed E-state index contributed by atoms with van der Waals surface area (Å²) >= 11 is 0. The summed E-state index contributed by atoms with van der Waals surface area (Å²) in [5, 5.41) is 8.64. The average molecular weight is 275 g/mol. The zero-order valence-corrected chi connectivity index (χ0v) is 11.4. The molecular weight excluding hydrogens is 258 g/mol. The fourth-order valence-corrected chi connectivity index (χ4v) is 2.97. The Hall–Kier alpha value is -1.41. The molecule has 0 bridgehead atoms. The first-order chi connectivity index (χ1) is 8.28. The van der Waals surface area contributed by atoms with E-state index < -0.39 is 22.5 Å². The maximum atomic E-state index is 12.2. The van der Waals surface area contributed by atoms with E-state index in [4.69, 9.17) is 5.11 Å². The standard InChI is InChI=1S/C10H17N3O4S/c1-4-5-13(7-10(14)15)18(16,17)9-6-12(3)8(2)11-9/h6H,4-5,7H2,1-3H3,(H,14,15). The van der Waals surface area contributed by atoms with Crippen molar-refractivity contribution in [3.05, 3.63) is 12.0 Å². The van der Waals surface area contributed by atoms with E-state index in [1.54, 1.807) is 25.5 Å². The van der Waals surface area contributed by atoms with Gasteiger partial charge in [0.1, 0.15) is 12.4 Å². The zero-order valence-electron chi connectivity index (χ0n) is 10.6. The van der Waals surface area contributed by atoms with Crippen LogP contribution in [-0.4, -0.2) is 46.4 Å². The van der Waals surface area contributed by atoms with E-state index in [0.717, 1.165) is 4.31 Å². The van der Waals surface area contributed by atoms with Gasteiger partial charge in [-0.1, -0.05) is 6.92 Å². The summed E-state index contributed by atoms with van der Waals surface area (Å²) in [6, 6.07) is 0. The van der Waals surface area contributed by atoms with Crippen LogP contribution in [0, 0.1) is 6.92 Å². The molecule has 0 unspecified atom stereocenters. The van der Waals surface area contributed by atoms with Crippen LogP contribution in [0.4, 0.5) is 0 Å². The van der Waals surface area contributed by atoms with Gasteiger partial charge in [0.2, 0.25) is 0 Å². The van der Waals surface area contributed by atoms with E-state index in [-0.39, 0.29) is 11.6 Å². The summed E-state index contributed by atoms with van der Waals surface area (Å²) in [5.41, 5.74) is 0. The van der Waals surface area contributed by atoms with Crippen LogP contribution >= 0.6 is 0 Å². The van der Waals surface area contributed by atoms with Crippen molar-refractivity contribution in [1.29, 1.82) is 0 Å². The highest BCUT2D eigenvalue weighted by molar-refractivity contribution is 7.89. The lowest BCUT2D eigenvalue weighted by Gasteiger charge is -2.17. The Kier molecular flexibility index (Phi) is 4.47. The second kappa shape index (κ2) is 5.49. The van der Waals surface area contributed by atoms with Gasteiger partial charge < -0.3 is 9.67 Å². The van der Waals surface area contributed by atoms with Crippen molar-refractivity contribution in [2.75, 3.05) is 13.1 Å². The van der Waals surface area contributed by atoms with E-state index in [1.807, 2.05) is 0 Å². The van der Waals surface area contributed by atoms with E-state index in [0.29, 0.717) is 12.2 Å². The molecule has 0 aliphatic carbocycles. The number of aromatic nitrogens is 2. The van der Waals surface area contributed by atoms with Crippen LogP contribution in [0.5, 0.6) is 0 Å². The van der Waals surface area contributed by atoms with Crippen molar-refractivity contribution < 1.29 is 18.3 Å². The van der Waals surface area contributed by atoms with E-state index in [1.165, 1.54) is 6.20 Å². The molecule has 1 N–H and O–H groups in total. The van der Waals surface area contributed by atoms with E-state index in [2.05, 4.69) is 4.98 Å². The predicted octanol–water partition coefficient (Wildman–Crippen LogP) is 0.214. The molecule has 102 valence electrons. The summed E-state index contributed by atoms with van der Waals surface area (Å²) in [7, 11) is -2.16. The Labute approximate surface area is 106 Å². The number of aryl methyl sites for hydroxylation is 2. The number of imidazole rings is 1. The molecule has 0 aliphatic heterocycles. The molecule has 0 aromatic carbocycles. The van der Waals surface area contributed by atoms with Crippen molar-refractivity contribution in [1.82, 2.24) is 13.9 Å². The summed E-state index contributed by atoms with van der Waals surface area (Å²) in [4.78, 5) is 14.6. The number of rotatable bonds is 6. The first-order valence-electron chi connectivity index (χ1n) is 5.51. The molecule has 1 heterocycles. The van der Waals surface area contributed by atoms with Gasteiger partial charge in [-0.2, -0.15) is 4.31 Å². The first-order valence-corrected chi connectivity index (χ1v) is 6.95. The lowest BCUT2D eigenvalue weighted by Crippen LogP contribution is -2.36. The van der Waals surface area contributed by atoms with Crippen LogP contribution in [0.15, 0.2) is 11.2 Å². The van der Waals surface area contributed by atoms with Gasteiger partial charge in [0.25, 0.3) is 10.0 Å². The van der Waals surface area contributed by atoms with E-state index >= 15 is 0 Å². The van der Waals surface area contributed by atoms with Crippen LogP contribution < -0.4 is 0 Å². The van der Waals surface area contributed by atoms with Crippen molar-refractivity contribution >= 4 is 16.0 Å². The minimum Gasteiger partial charge on any atom is -0.480 e. The maximum absolute atomic E-state index is 12.2. The van der Waals surface area contributed by atoms with Gasteiger partial charge in [-0.25, -0.2) is 13.4 Å². The highest BCUT2D eigenvalue weighted by Gasteiger charge is 2.28. The molecule has 0 saturated heterocycles. The number of hydrogen-bond donors (Lipinski definition) is 1. The number of carbonyl (C=O) groups is 1. The molecule has 18 heavy (non-hydrogen) atoms. The topological polar surface area (TPSA) is 92.5 Å². The molecule has 8 heteroatoms. The van der Waals surface area contributed by atoms with Gasteiger partial charge in [0.05, 0.1) is 0 Å². The molecule has 0 amide bonds. The monoisotopic (exact) mass is 275 g/mol. The van der Waals surface area contributed by atoms with Gasteiger partial charge in [-0.3, -0.25) is 4.79 Å². The molecule has 1 rings (SSSR count). The number of nitrogens with zero attached hydrogens (tertiary/aromatic N) is 3. The normalized spacial score (nSPS) is 12.0. The van der Waals surface area contributed by atoms with Crippen molar-refractivity contribution in [2.24, 2.45) is 7.05 Å². The Bertz CT molecular complexity index is 516. The van der Waals surface area contributed by atoms with Gasteiger partial charge in [-0.05, 0) is 13.3 Å². The second-order valence-electron chi connectivity index (χ2n) is 3.97. The Morgan fingerprint density at radius 3 is 2.56 bits per heavy atom. The number of carboxylic acid groups (broad SMARTS) is 1. The lowest BCUT2D eigenvalue weighted by atomic mass is 10.5. The second-order valence-corrected chi connectivity index (χ2v) is 5.85. The molecule has 0 saturated carbocycles. The Morgan fingerprint density at radius 1 is 1.56 bits per heavy atom. The summed E-state index contributed by atoms with van der Waals surface area (Å²) in [6.07, 6.45) is 1.92. The van der Waals surface area contributed by atoms with Crippen LogP contribution in [-0.2, 0) is 21.9 Å². The molecule has 0 spiro atoms. The fourth-order valence-electron chi connectivity index (χ4n) is 1.47. The number of carboxylic acids is 1. The third-order valence-corrected chi connectivity index (χ3v) is 4.19. The predicted molar refractivity (Wildman–Crippen MR) is 64.6 cm³/mol. The van der Waals surface area contributed by atoms with Crippen LogP contribution in [0.1, 0.15) is 19.2 Å². The third kappa shape index (κ3) is 3.08. The largest absolute Gasteiger partial charge is 0.480 e. The first kappa shape index (κ1) is 14.7. The molecule has 0 radical (unpaired) electrons. The fraction of sp³-hybridized carbons (Fsp3) is 0.600. The number of aliphatic carboxylic acids is 1. The average Bonchev–Trinajstić information content (AvgIpc) is 2.59. The van der Waals surface area contributed by atoms with Crippen molar-refractivity contribution in [2.45, 2.75) is 25.3 Å². The highest BCUT2D eigenvalue weighted by atomic mass is 32.2. The molecule has 0 atom stereocenters. The van der Waals surface area contributed by atoms with Gasteiger partial charge >= 0.3 is 5.97 Å². The molecule has 0 aliphatic rings. The quantitative estimate of drug-likeness (QED) is 0.801. The summed E-state index contributed by atoms with van der Waals surface area (Å²) in [6.45, 7) is 3.07. The molecule has 1 aromatic rings. The number of hydrogen-bond acceptors (Lipinski definition) is 4. The smallest absolute Gasteiger partial charge is 0.318 e. The molecule has 1 aromatic heterocycles. The van der Waals surface area contributed by atoms with Crippen LogP contribution in [0.3, 0.4) is 0 Å². The summed E-state index contributed by atoms with van der Waals surface area (Å²) in [5.74, 6) is -0.625. The van der Waals surface area contributed by atoms with Crippen molar-refractivity contribution in [3.8, 4) is 0 Å². The summed E-state index contributed by atoms with van der Waals surface area (Å²) < 4.78 is 26.9. The maximum Gasteiger partial charge on any atom is 0.318 e.